The smallest absolute Gasteiger partial charge is 0.0861 e. The van der Waals surface area contributed by atoms with Gasteiger partial charge >= 0.3 is 0 Å². The minimum absolute atomic E-state index is 0.200. The molecule has 18 heavy (non-hydrogen) atoms. The fraction of sp³-hybridized carbons (Fsp3) is 1.00. The van der Waals surface area contributed by atoms with Gasteiger partial charge in [-0.2, -0.15) is 0 Å². The molecule has 0 aliphatic carbocycles. The zero-order valence-electron chi connectivity index (χ0n) is 12.0. The van der Waals surface area contributed by atoms with Crippen LogP contribution in [0.4, 0.5) is 0 Å². The lowest BCUT2D eigenvalue weighted by molar-refractivity contribution is -0.0424. The predicted molar refractivity (Wildman–Crippen MR) is 74.1 cm³/mol. The lowest BCUT2D eigenvalue weighted by Gasteiger charge is -2.29. The van der Waals surface area contributed by atoms with E-state index in [4.69, 9.17) is 21.1 Å². The molecule has 1 heterocycles. The Morgan fingerprint density at radius 1 is 1.33 bits per heavy atom. The van der Waals surface area contributed by atoms with E-state index in [-0.39, 0.29) is 11.0 Å². The lowest BCUT2D eigenvalue weighted by Crippen LogP contribution is -2.29. The molecular formula is C14H27ClO3. The van der Waals surface area contributed by atoms with Crippen molar-refractivity contribution in [1.29, 1.82) is 0 Å². The summed E-state index contributed by atoms with van der Waals surface area (Å²) in [5.74, 6) is 0.294. The van der Waals surface area contributed by atoms with Gasteiger partial charge in [0, 0.05) is 12.5 Å². The summed E-state index contributed by atoms with van der Waals surface area (Å²) in [4.78, 5) is 0. The summed E-state index contributed by atoms with van der Waals surface area (Å²) in [6, 6.07) is 0. The molecule has 2 unspecified atom stereocenters. The highest BCUT2D eigenvalue weighted by molar-refractivity contribution is 6.18. The third-order valence-electron chi connectivity index (χ3n) is 3.70. The topological polar surface area (TPSA) is 42.0 Å². The van der Waals surface area contributed by atoms with Crippen LogP contribution in [0.15, 0.2) is 0 Å². The minimum atomic E-state index is -0.425. The van der Waals surface area contributed by atoms with Gasteiger partial charge in [0.25, 0.3) is 0 Å². The van der Waals surface area contributed by atoms with Crippen LogP contribution in [0.3, 0.4) is 0 Å². The van der Waals surface area contributed by atoms with Crippen LogP contribution in [0.2, 0.25) is 0 Å². The third kappa shape index (κ3) is 5.87. The summed E-state index contributed by atoms with van der Waals surface area (Å²) in [6.45, 7) is 10.2. The molecule has 1 aliphatic heterocycles. The average Bonchev–Trinajstić information content (AvgIpc) is 3.09. The molecule has 1 aliphatic rings. The van der Waals surface area contributed by atoms with Crippen molar-refractivity contribution in [3.63, 3.8) is 0 Å². The molecule has 3 nitrogen and oxygen atoms in total. The van der Waals surface area contributed by atoms with Crippen LogP contribution in [-0.4, -0.2) is 42.0 Å². The van der Waals surface area contributed by atoms with E-state index in [1.807, 2.05) is 0 Å². The molecule has 0 aromatic rings. The molecule has 0 aromatic heterocycles. The summed E-state index contributed by atoms with van der Waals surface area (Å²) in [5.41, 5.74) is -0.000735. The Hall–Kier alpha value is 0.170. The largest absolute Gasteiger partial charge is 0.392 e. The lowest BCUT2D eigenvalue weighted by atomic mass is 9.86. The van der Waals surface area contributed by atoms with E-state index in [1.54, 1.807) is 0 Å². The average molecular weight is 279 g/mol. The maximum atomic E-state index is 9.45. The van der Waals surface area contributed by atoms with Gasteiger partial charge in [-0.15, -0.1) is 11.6 Å². The summed E-state index contributed by atoms with van der Waals surface area (Å²) >= 11 is 5.58. The van der Waals surface area contributed by atoms with Crippen LogP contribution in [0.25, 0.3) is 0 Å². The van der Waals surface area contributed by atoms with Crippen molar-refractivity contribution < 1.29 is 14.6 Å². The van der Waals surface area contributed by atoms with Crippen LogP contribution < -0.4 is 0 Å². The van der Waals surface area contributed by atoms with Gasteiger partial charge in [0.15, 0.2) is 0 Å². The number of alkyl halides is 1. The number of rotatable bonds is 9. The highest BCUT2D eigenvalue weighted by atomic mass is 35.5. The predicted octanol–water partition coefficient (Wildman–Crippen LogP) is 2.98. The van der Waals surface area contributed by atoms with Gasteiger partial charge in [0.1, 0.15) is 0 Å². The van der Waals surface area contributed by atoms with Gasteiger partial charge in [-0.05, 0) is 38.5 Å². The number of hydrogen-bond donors (Lipinski definition) is 1. The fourth-order valence-electron chi connectivity index (χ4n) is 1.91. The molecule has 0 radical (unpaired) electrons. The quantitative estimate of drug-likeness (QED) is 0.521. The molecule has 0 bridgehead atoms. The van der Waals surface area contributed by atoms with Crippen LogP contribution in [0, 0.1) is 5.41 Å². The molecule has 0 aromatic carbocycles. The Balaban J connectivity index is 2.19. The maximum absolute atomic E-state index is 9.45. The second-order valence-electron chi connectivity index (χ2n) is 6.52. The highest BCUT2D eigenvalue weighted by Crippen LogP contribution is 2.35. The zero-order valence-corrected chi connectivity index (χ0v) is 12.8. The molecular weight excluding hydrogens is 252 g/mol. The fourth-order valence-corrected chi connectivity index (χ4v) is 2.07. The van der Waals surface area contributed by atoms with Crippen LogP contribution in [0.1, 0.15) is 47.0 Å². The summed E-state index contributed by atoms with van der Waals surface area (Å²) in [6.07, 6.45) is 2.49. The minimum Gasteiger partial charge on any atom is -0.392 e. The van der Waals surface area contributed by atoms with Crippen molar-refractivity contribution in [2.75, 3.05) is 19.1 Å². The normalized spacial score (nSPS) is 22.0. The van der Waals surface area contributed by atoms with E-state index in [1.165, 1.54) is 0 Å². The van der Waals surface area contributed by atoms with Crippen molar-refractivity contribution in [1.82, 2.24) is 0 Å². The van der Waals surface area contributed by atoms with Gasteiger partial charge in [0.05, 0.1) is 24.4 Å². The maximum Gasteiger partial charge on any atom is 0.0861 e. The standard InChI is InChI=1S/C14H27ClO3/c1-13(2,12-10-17-12)7-8-18-14(3,4)6-5-11(16)9-15/h11-12,16H,5-10H2,1-4H3. The van der Waals surface area contributed by atoms with E-state index < -0.39 is 6.10 Å². The summed E-state index contributed by atoms with van der Waals surface area (Å²) < 4.78 is 11.3. The Kier molecular flexibility index (Phi) is 5.91. The summed E-state index contributed by atoms with van der Waals surface area (Å²) in [7, 11) is 0. The molecule has 0 spiro atoms. The van der Waals surface area contributed by atoms with Gasteiger partial charge in [-0.25, -0.2) is 0 Å². The first-order valence-electron chi connectivity index (χ1n) is 6.76. The van der Waals surface area contributed by atoms with E-state index in [0.717, 1.165) is 26.1 Å². The van der Waals surface area contributed by atoms with Crippen LogP contribution >= 0.6 is 11.6 Å². The Morgan fingerprint density at radius 3 is 2.44 bits per heavy atom. The van der Waals surface area contributed by atoms with E-state index in [9.17, 15) is 5.11 Å². The van der Waals surface area contributed by atoms with Gasteiger partial charge in [0.2, 0.25) is 0 Å². The van der Waals surface area contributed by atoms with Crippen molar-refractivity contribution in [3.8, 4) is 0 Å². The van der Waals surface area contributed by atoms with E-state index in [2.05, 4.69) is 27.7 Å². The van der Waals surface area contributed by atoms with Crippen LogP contribution in [-0.2, 0) is 9.47 Å². The first kappa shape index (κ1) is 16.2. The first-order chi connectivity index (χ1) is 8.27. The Labute approximate surface area is 116 Å². The second-order valence-corrected chi connectivity index (χ2v) is 6.82. The number of epoxide rings is 1. The number of ether oxygens (including phenoxy) is 2. The molecule has 0 saturated carbocycles. The molecule has 0 amide bonds. The Morgan fingerprint density at radius 2 is 1.94 bits per heavy atom. The molecule has 1 fully saturated rings. The highest BCUT2D eigenvalue weighted by Gasteiger charge is 2.39. The van der Waals surface area contributed by atoms with Gasteiger partial charge < -0.3 is 14.6 Å². The molecule has 1 rings (SSSR count). The van der Waals surface area contributed by atoms with Gasteiger partial charge in [-0.3, -0.25) is 0 Å². The number of aliphatic hydroxyl groups excluding tert-OH is 1. The van der Waals surface area contributed by atoms with Crippen LogP contribution in [0.5, 0.6) is 0 Å². The van der Waals surface area contributed by atoms with Crippen molar-refractivity contribution in [2.24, 2.45) is 5.41 Å². The summed E-state index contributed by atoms with van der Waals surface area (Å²) in [5, 5.41) is 9.45. The van der Waals surface area contributed by atoms with E-state index in [0.29, 0.717) is 18.4 Å². The molecule has 108 valence electrons. The van der Waals surface area contributed by atoms with E-state index >= 15 is 0 Å². The monoisotopic (exact) mass is 278 g/mol. The number of halogens is 1. The number of aliphatic hydroxyl groups is 1. The number of hydrogen-bond acceptors (Lipinski definition) is 3. The van der Waals surface area contributed by atoms with Crippen molar-refractivity contribution in [3.05, 3.63) is 0 Å². The molecule has 4 heteroatoms. The third-order valence-corrected chi connectivity index (χ3v) is 4.06. The Bertz CT molecular complexity index is 249. The van der Waals surface area contributed by atoms with Crippen molar-refractivity contribution in [2.45, 2.75) is 64.8 Å². The second kappa shape index (κ2) is 6.56. The SMILES string of the molecule is CC(C)(CCC(O)CCl)OCCC(C)(C)C1CO1. The van der Waals surface area contributed by atoms with Crippen molar-refractivity contribution >= 4 is 11.6 Å². The molecule has 1 N–H and O–H groups in total. The molecule has 1 saturated heterocycles. The van der Waals surface area contributed by atoms with Gasteiger partial charge in [-0.1, -0.05) is 13.8 Å². The molecule has 2 atom stereocenters. The zero-order chi connectivity index (χ0) is 13.8. The first-order valence-corrected chi connectivity index (χ1v) is 7.30.